The summed E-state index contributed by atoms with van der Waals surface area (Å²) in [5.41, 5.74) is 8.65. The van der Waals surface area contributed by atoms with E-state index in [1.165, 1.54) is 23.2 Å². The van der Waals surface area contributed by atoms with Crippen molar-refractivity contribution in [3.05, 3.63) is 65.1 Å². The van der Waals surface area contributed by atoms with E-state index in [0.29, 0.717) is 0 Å². The van der Waals surface area contributed by atoms with E-state index in [-0.39, 0.29) is 0 Å². The molecule has 1 aromatic carbocycles. The molecule has 0 aliphatic heterocycles. The number of benzene rings is 1. The largest absolute Gasteiger partial charge is 0.355 e. The molecule has 0 saturated heterocycles. The van der Waals surface area contributed by atoms with Crippen molar-refractivity contribution in [1.82, 2.24) is 15.0 Å². The molecule has 30 heavy (non-hydrogen) atoms. The Balaban J connectivity index is 1.52. The van der Waals surface area contributed by atoms with Crippen molar-refractivity contribution in [2.24, 2.45) is 7.05 Å². The lowest BCUT2D eigenvalue weighted by Gasteiger charge is -2.19. The van der Waals surface area contributed by atoms with Gasteiger partial charge in [0.05, 0.1) is 16.9 Å². The number of rotatable bonds is 9. The topological polar surface area (TPSA) is 60.3 Å². The van der Waals surface area contributed by atoms with Crippen LogP contribution in [0.1, 0.15) is 22.5 Å². The Morgan fingerprint density at radius 1 is 1.03 bits per heavy atom. The highest BCUT2D eigenvalue weighted by molar-refractivity contribution is 7.94. The number of hydrogen-bond acceptors (Lipinski definition) is 6. The van der Waals surface area contributed by atoms with E-state index in [1.54, 1.807) is 0 Å². The molecule has 2 aromatic heterocycles. The third-order valence-electron chi connectivity index (χ3n) is 4.91. The Bertz CT molecular complexity index is 953. The zero-order valence-corrected chi connectivity index (χ0v) is 19.4. The molecule has 0 amide bonds. The van der Waals surface area contributed by atoms with Gasteiger partial charge < -0.3 is 9.80 Å². The van der Waals surface area contributed by atoms with Gasteiger partial charge in [-0.2, -0.15) is 9.38 Å². The van der Waals surface area contributed by atoms with Gasteiger partial charge in [-0.25, -0.2) is 10.5 Å². The molecule has 0 bridgehead atoms. The Morgan fingerprint density at radius 3 is 2.23 bits per heavy atom. The first-order valence-electron chi connectivity index (χ1n) is 9.88. The number of aromatic nitrogens is 3. The second-order valence-corrected chi connectivity index (χ2v) is 8.59. The molecule has 2 heterocycles. The first kappa shape index (κ1) is 22.1. The minimum absolute atomic E-state index is 0.808. The van der Waals surface area contributed by atoms with Crippen molar-refractivity contribution in [3.63, 3.8) is 0 Å². The van der Waals surface area contributed by atoms with E-state index < -0.39 is 0 Å². The van der Waals surface area contributed by atoms with E-state index >= 15 is 0 Å². The van der Waals surface area contributed by atoms with Crippen molar-refractivity contribution in [2.75, 3.05) is 31.5 Å². The lowest BCUT2D eigenvalue weighted by atomic mass is 10.1. The summed E-state index contributed by atoms with van der Waals surface area (Å²) >= 11 is 1.25. The molecule has 0 atom stereocenters. The fraction of sp³-hybridized carbons (Fsp3) is 0.364. The number of hydrogen-bond donors (Lipinski definition) is 2. The van der Waals surface area contributed by atoms with Gasteiger partial charge in [-0.3, -0.25) is 0 Å². The summed E-state index contributed by atoms with van der Waals surface area (Å²) in [5.74, 6) is 0.925. The summed E-state index contributed by atoms with van der Waals surface area (Å²) in [4.78, 5) is 9.82. The Hall–Kier alpha value is -2.55. The highest BCUT2D eigenvalue weighted by atomic mass is 32.2. The first-order chi connectivity index (χ1) is 14.3. The zero-order chi connectivity index (χ0) is 21.7. The predicted octanol–water partition coefficient (Wildman–Crippen LogP) is 3.60. The molecule has 3 aromatic rings. The van der Waals surface area contributed by atoms with Crippen LogP contribution < -0.4 is 15.1 Å². The molecule has 3 rings (SSSR count). The Morgan fingerprint density at radius 2 is 1.70 bits per heavy atom. The first-order valence-corrected chi connectivity index (χ1v) is 10.6. The van der Waals surface area contributed by atoms with Crippen LogP contribution >= 0.6 is 12.0 Å². The molecule has 2 N–H and O–H groups in total. The number of pyridine rings is 1. The normalized spacial score (nSPS) is 11.2. The number of nitrogens with zero attached hydrogens (tertiary/aromatic N) is 4. The van der Waals surface area contributed by atoms with Crippen LogP contribution in [0.2, 0.25) is 0 Å². The van der Waals surface area contributed by atoms with Crippen LogP contribution in [0.25, 0.3) is 0 Å². The number of aromatic amines is 1. The van der Waals surface area contributed by atoms with Crippen LogP contribution in [0, 0.1) is 13.8 Å². The van der Waals surface area contributed by atoms with Gasteiger partial charge in [0.2, 0.25) is 5.69 Å². The van der Waals surface area contributed by atoms with Crippen molar-refractivity contribution in [2.45, 2.75) is 31.8 Å². The van der Waals surface area contributed by atoms with Crippen molar-refractivity contribution < 1.29 is 8.97 Å². The lowest BCUT2D eigenvalue weighted by molar-refractivity contribution is -0.732. The zero-order valence-electron chi connectivity index (χ0n) is 18.6. The molecule has 0 radical (unpaired) electrons. The van der Waals surface area contributed by atoms with Gasteiger partial charge in [-0.05, 0) is 44.3 Å². The molecule has 0 fully saturated rings. The highest BCUT2D eigenvalue weighted by Gasteiger charge is 2.16. The number of anilines is 2. The molecule has 0 spiro atoms. The van der Waals surface area contributed by atoms with Gasteiger partial charge in [-0.1, -0.05) is 24.3 Å². The van der Waals surface area contributed by atoms with Crippen LogP contribution in [0.15, 0.2) is 47.5 Å². The minimum atomic E-state index is 0.808. The second-order valence-electron chi connectivity index (χ2n) is 7.79. The Kier molecular flexibility index (Phi) is 7.36. The number of H-pyrrole nitrogens is 1. The Labute approximate surface area is 183 Å². The maximum Gasteiger partial charge on any atom is 0.229 e. The molecule has 0 aliphatic carbocycles. The van der Waals surface area contributed by atoms with Gasteiger partial charge in [0.15, 0.2) is 12.7 Å². The molecule has 0 aliphatic rings. The standard InChI is InChI=1S/C22H30N6OS/c1-16-22(17(2)28(6)24-16)25-29-30-20-11-12-21(23-13-20)27(5)15-19-9-7-18(8-10-19)14-26(3)4/h7-13,25H,14-15H2,1-6H3/p+1. The molecule has 0 saturated carbocycles. The van der Waals surface area contributed by atoms with Crippen LogP contribution in [0.4, 0.5) is 11.5 Å². The maximum atomic E-state index is 5.59. The molecular formula is C22H31N6OS+. The highest BCUT2D eigenvalue weighted by Crippen LogP contribution is 2.23. The van der Waals surface area contributed by atoms with Crippen LogP contribution in [0.3, 0.4) is 0 Å². The summed E-state index contributed by atoms with van der Waals surface area (Å²) in [5, 5.41) is 3.22. The molecule has 0 unspecified atom stereocenters. The fourth-order valence-corrected chi connectivity index (χ4v) is 3.65. The van der Waals surface area contributed by atoms with Gasteiger partial charge in [0.25, 0.3) is 0 Å². The van der Waals surface area contributed by atoms with E-state index in [1.807, 2.05) is 43.9 Å². The summed E-state index contributed by atoms with van der Waals surface area (Å²) in [6, 6.07) is 12.8. The van der Waals surface area contributed by atoms with Crippen LogP contribution in [0.5, 0.6) is 0 Å². The van der Waals surface area contributed by atoms with E-state index in [2.05, 4.69) is 70.8 Å². The fourth-order valence-electron chi connectivity index (χ4n) is 3.21. The SMILES string of the molecule is Cc1[nH][n+](C)c(C)c1NOSc1ccc(N(C)Cc2ccc(CN(C)C)cc2)nc1. The molecular weight excluding hydrogens is 396 g/mol. The van der Waals surface area contributed by atoms with Gasteiger partial charge >= 0.3 is 0 Å². The summed E-state index contributed by atoms with van der Waals surface area (Å²) in [7, 11) is 8.19. The summed E-state index contributed by atoms with van der Waals surface area (Å²) in [6.45, 7) is 5.80. The molecule has 7 nitrogen and oxygen atoms in total. The van der Waals surface area contributed by atoms with Gasteiger partial charge in [-0.15, -0.1) is 4.68 Å². The lowest BCUT2D eigenvalue weighted by Crippen LogP contribution is -2.32. The minimum Gasteiger partial charge on any atom is -0.355 e. The number of nitrogens with one attached hydrogen (secondary N) is 2. The third-order valence-corrected chi connectivity index (χ3v) is 5.51. The molecule has 160 valence electrons. The quantitative estimate of drug-likeness (QED) is 0.309. The van der Waals surface area contributed by atoms with E-state index in [9.17, 15) is 0 Å². The number of aryl methyl sites for hydroxylation is 2. The smallest absolute Gasteiger partial charge is 0.229 e. The van der Waals surface area contributed by atoms with Crippen molar-refractivity contribution in [3.8, 4) is 0 Å². The summed E-state index contributed by atoms with van der Waals surface area (Å²) < 4.78 is 7.54. The van der Waals surface area contributed by atoms with E-state index in [0.717, 1.165) is 40.9 Å². The van der Waals surface area contributed by atoms with Gasteiger partial charge in [0, 0.05) is 33.3 Å². The average Bonchev–Trinajstić information content (AvgIpc) is 2.95. The average molecular weight is 428 g/mol. The van der Waals surface area contributed by atoms with Crippen molar-refractivity contribution in [1.29, 1.82) is 0 Å². The van der Waals surface area contributed by atoms with Crippen LogP contribution in [-0.4, -0.2) is 36.1 Å². The maximum absolute atomic E-state index is 5.59. The van der Waals surface area contributed by atoms with Crippen molar-refractivity contribution >= 4 is 23.5 Å². The van der Waals surface area contributed by atoms with E-state index in [4.69, 9.17) is 4.28 Å². The third kappa shape index (κ3) is 5.75. The molecule has 8 heteroatoms. The van der Waals surface area contributed by atoms with Gasteiger partial charge in [0.1, 0.15) is 11.5 Å². The second kappa shape index (κ2) is 9.97. The summed E-state index contributed by atoms with van der Waals surface area (Å²) in [6.07, 6.45) is 1.83. The monoisotopic (exact) mass is 427 g/mol. The van der Waals surface area contributed by atoms with Crippen LogP contribution in [-0.2, 0) is 24.4 Å². The predicted molar refractivity (Wildman–Crippen MR) is 122 cm³/mol.